The van der Waals surface area contributed by atoms with Gasteiger partial charge < -0.3 is 20.1 Å². The molecule has 0 aliphatic heterocycles. The summed E-state index contributed by atoms with van der Waals surface area (Å²) in [4.78, 5) is 34.4. The summed E-state index contributed by atoms with van der Waals surface area (Å²) in [6, 6.07) is 0. The Kier molecular flexibility index (Phi) is 32.7. The first kappa shape index (κ1) is 44.8. The monoisotopic (exact) mass is 675 g/mol. The van der Waals surface area contributed by atoms with E-state index in [0.29, 0.717) is 6.42 Å². The molecule has 0 rings (SSSR count). The molecule has 0 saturated carbocycles. The number of carbonyl (C=O) groups excluding carboxylic acids is 2. The average molecular weight is 676 g/mol. The summed E-state index contributed by atoms with van der Waals surface area (Å²) >= 11 is 0. The second-order valence-electron chi connectivity index (χ2n) is 12.4. The third-order valence-corrected chi connectivity index (χ3v) is 8.89. The van der Waals surface area contributed by atoms with Crippen molar-refractivity contribution in [3.63, 3.8) is 0 Å². The van der Waals surface area contributed by atoms with E-state index in [1.165, 1.54) is 96.3 Å². The molecule has 3 N–H and O–H groups in total. The van der Waals surface area contributed by atoms with E-state index in [9.17, 15) is 19.0 Å². The number of esters is 2. The van der Waals surface area contributed by atoms with E-state index in [1.807, 2.05) is 0 Å². The maximum absolute atomic E-state index is 12.5. The normalized spacial score (nSPS) is 13.6. The Bertz CT molecular complexity index is 779. The summed E-state index contributed by atoms with van der Waals surface area (Å²) in [7, 11) is -4.36. The van der Waals surface area contributed by atoms with Gasteiger partial charge in [0.15, 0.2) is 6.10 Å². The van der Waals surface area contributed by atoms with Crippen LogP contribution >= 0.6 is 7.82 Å². The Morgan fingerprint density at radius 3 is 1.54 bits per heavy atom. The number of ether oxygens (including phenoxy) is 2. The van der Waals surface area contributed by atoms with Crippen LogP contribution < -0.4 is 5.73 Å². The van der Waals surface area contributed by atoms with Crippen LogP contribution in [0.2, 0.25) is 0 Å². The largest absolute Gasteiger partial charge is 0.472 e. The third kappa shape index (κ3) is 32.7. The molecule has 0 radical (unpaired) electrons. The molecule has 0 aliphatic carbocycles. The molecule has 0 bridgehead atoms. The van der Waals surface area contributed by atoms with Crippen LogP contribution in [0.1, 0.15) is 174 Å². The lowest BCUT2D eigenvalue weighted by atomic mass is 10.1. The summed E-state index contributed by atoms with van der Waals surface area (Å²) in [5.74, 6) is -0.837. The van der Waals surface area contributed by atoms with Crippen LogP contribution in [0.15, 0.2) is 12.2 Å². The van der Waals surface area contributed by atoms with Crippen LogP contribution in [0.5, 0.6) is 0 Å². The average Bonchev–Trinajstić information content (AvgIpc) is 3.04. The molecule has 9 nitrogen and oxygen atoms in total. The van der Waals surface area contributed by atoms with Crippen molar-refractivity contribution in [2.45, 2.75) is 180 Å². The number of hydrogen-bond donors (Lipinski definition) is 2. The number of phosphoric ester groups is 1. The second-order valence-corrected chi connectivity index (χ2v) is 13.9. The van der Waals surface area contributed by atoms with Gasteiger partial charge in [-0.05, 0) is 38.5 Å². The molecule has 0 spiro atoms. The third-order valence-electron chi connectivity index (χ3n) is 7.90. The van der Waals surface area contributed by atoms with Gasteiger partial charge in [-0.25, -0.2) is 4.57 Å². The molecule has 0 aromatic heterocycles. The molecule has 0 aromatic carbocycles. The Morgan fingerprint density at radius 2 is 1.07 bits per heavy atom. The minimum Gasteiger partial charge on any atom is -0.462 e. The number of allylic oxidation sites excluding steroid dienone is 2. The van der Waals surface area contributed by atoms with E-state index in [1.54, 1.807) is 0 Å². The minimum atomic E-state index is -4.36. The van der Waals surface area contributed by atoms with E-state index in [2.05, 4.69) is 26.0 Å². The van der Waals surface area contributed by atoms with E-state index >= 15 is 0 Å². The van der Waals surface area contributed by atoms with Crippen molar-refractivity contribution in [1.29, 1.82) is 0 Å². The van der Waals surface area contributed by atoms with Crippen molar-refractivity contribution in [2.24, 2.45) is 5.73 Å². The number of rotatable bonds is 35. The van der Waals surface area contributed by atoms with Gasteiger partial charge in [0.05, 0.1) is 13.2 Å². The molecule has 0 amide bonds. The van der Waals surface area contributed by atoms with Crippen molar-refractivity contribution < 1.29 is 37.6 Å². The predicted octanol–water partition coefficient (Wildman–Crippen LogP) is 9.88. The van der Waals surface area contributed by atoms with Crippen molar-refractivity contribution >= 4 is 19.8 Å². The number of unbranched alkanes of at least 4 members (excludes halogenated alkanes) is 20. The summed E-state index contributed by atoms with van der Waals surface area (Å²) in [6.45, 7) is 3.65. The zero-order valence-corrected chi connectivity index (χ0v) is 30.5. The fraction of sp³-hybridized carbons (Fsp3) is 0.889. The van der Waals surface area contributed by atoms with Crippen LogP contribution in [0.3, 0.4) is 0 Å². The predicted molar refractivity (Wildman–Crippen MR) is 188 cm³/mol. The first-order valence-corrected chi connectivity index (χ1v) is 20.2. The highest BCUT2D eigenvalue weighted by atomic mass is 31.2. The molecule has 46 heavy (non-hydrogen) atoms. The van der Waals surface area contributed by atoms with Gasteiger partial charge >= 0.3 is 19.8 Å². The molecule has 10 heteroatoms. The van der Waals surface area contributed by atoms with Gasteiger partial charge in [-0.2, -0.15) is 0 Å². The maximum atomic E-state index is 12.5. The summed E-state index contributed by atoms with van der Waals surface area (Å²) in [5.41, 5.74) is 5.31. The van der Waals surface area contributed by atoms with Crippen LogP contribution in [0.4, 0.5) is 0 Å². The molecule has 0 aromatic rings. The molecule has 0 heterocycles. The van der Waals surface area contributed by atoms with Crippen LogP contribution in [-0.2, 0) is 32.7 Å². The number of carbonyl (C=O) groups is 2. The highest BCUT2D eigenvalue weighted by Gasteiger charge is 2.25. The lowest BCUT2D eigenvalue weighted by Gasteiger charge is -2.19. The topological polar surface area (TPSA) is 134 Å². The standard InChI is InChI=1S/C36H70NO8P/c1-3-5-7-9-11-12-13-14-15-16-17-18-19-20-21-22-23-25-27-29-36(39)45-34(33-44-46(40,41)43-31-30-37)32-42-35(38)28-26-24-10-8-6-4-2/h14-15,34H,3-13,16-33,37H2,1-2H3,(H,40,41)/b15-14-. The lowest BCUT2D eigenvalue weighted by molar-refractivity contribution is -0.161. The number of phosphoric acid groups is 1. The lowest BCUT2D eigenvalue weighted by Crippen LogP contribution is -2.29. The van der Waals surface area contributed by atoms with E-state index in [4.69, 9.17) is 24.3 Å². The van der Waals surface area contributed by atoms with Crippen LogP contribution in [-0.4, -0.2) is 49.3 Å². The molecule has 272 valence electrons. The van der Waals surface area contributed by atoms with Gasteiger partial charge in [0.1, 0.15) is 6.61 Å². The summed E-state index contributed by atoms with van der Waals surface area (Å²) in [6.07, 6.45) is 31.3. The molecule has 0 saturated heterocycles. The minimum absolute atomic E-state index is 0.0552. The second kappa shape index (κ2) is 33.6. The number of nitrogens with two attached hydrogens (primary N) is 1. The maximum Gasteiger partial charge on any atom is 0.472 e. The first-order chi connectivity index (χ1) is 22.3. The van der Waals surface area contributed by atoms with E-state index in [-0.39, 0.29) is 32.6 Å². The quantitative estimate of drug-likeness (QED) is 0.0291. The van der Waals surface area contributed by atoms with E-state index in [0.717, 1.165) is 44.9 Å². The Hall–Kier alpha value is -1.25. The van der Waals surface area contributed by atoms with Crippen LogP contribution in [0.25, 0.3) is 0 Å². The smallest absolute Gasteiger partial charge is 0.462 e. The highest BCUT2D eigenvalue weighted by Crippen LogP contribution is 2.43. The fourth-order valence-corrected chi connectivity index (χ4v) is 5.86. The SMILES string of the molecule is CCCCCCCC/C=C\CCCCCCCCCCCC(=O)OC(COC(=O)CCCCCCCC)COP(=O)(O)OCCN. The van der Waals surface area contributed by atoms with Gasteiger partial charge in [0.25, 0.3) is 0 Å². The molecule has 0 fully saturated rings. The summed E-state index contributed by atoms with van der Waals surface area (Å²) in [5, 5.41) is 0. The fourth-order valence-electron chi connectivity index (χ4n) is 5.10. The van der Waals surface area contributed by atoms with Gasteiger partial charge in [0, 0.05) is 19.4 Å². The first-order valence-electron chi connectivity index (χ1n) is 18.7. The zero-order chi connectivity index (χ0) is 34.0. The van der Waals surface area contributed by atoms with Crippen molar-refractivity contribution in [3.8, 4) is 0 Å². The molecule has 2 atom stereocenters. The van der Waals surface area contributed by atoms with Crippen molar-refractivity contribution in [2.75, 3.05) is 26.4 Å². The van der Waals surface area contributed by atoms with Crippen LogP contribution in [0, 0.1) is 0 Å². The van der Waals surface area contributed by atoms with Gasteiger partial charge in [0.2, 0.25) is 0 Å². The van der Waals surface area contributed by atoms with Gasteiger partial charge in [-0.1, -0.05) is 135 Å². The van der Waals surface area contributed by atoms with Gasteiger partial charge in [-0.15, -0.1) is 0 Å². The number of hydrogen-bond acceptors (Lipinski definition) is 8. The van der Waals surface area contributed by atoms with Crippen molar-refractivity contribution in [3.05, 3.63) is 12.2 Å². The Balaban J connectivity index is 4.07. The Labute approximate surface area is 281 Å². The van der Waals surface area contributed by atoms with Crippen molar-refractivity contribution in [1.82, 2.24) is 0 Å². The molecule has 2 unspecified atom stereocenters. The highest BCUT2D eigenvalue weighted by molar-refractivity contribution is 7.47. The molecule has 0 aliphatic rings. The summed E-state index contributed by atoms with van der Waals surface area (Å²) < 4.78 is 32.5. The molecular weight excluding hydrogens is 605 g/mol. The zero-order valence-electron chi connectivity index (χ0n) is 29.6. The van der Waals surface area contributed by atoms with Gasteiger partial charge in [-0.3, -0.25) is 18.6 Å². The molecular formula is C36H70NO8P. The Morgan fingerprint density at radius 1 is 0.630 bits per heavy atom. The van der Waals surface area contributed by atoms with E-state index < -0.39 is 32.5 Å².